The molecule has 26 heavy (non-hydrogen) atoms. The fourth-order valence-electron chi connectivity index (χ4n) is 2.76. The number of aryl methyl sites for hydroxylation is 1. The van der Waals surface area contributed by atoms with Gasteiger partial charge in [-0.3, -0.25) is 9.59 Å². The zero-order valence-corrected chi connectivity index (χ0v) is 15.1. The number of carbonyl (C=O) groups is 3. The van der Waals surface area contributed by atoms with Crippen molar-refractivity contribution in [3.63, 3.8) is 0 Å². The number of benzene rings is 1. The van der Waals surface area contributed by atoms with Gasteiger partial charge < -0.3 is 20.9 Å². The molecule has 0 saturated heterocycles. The second-order valence-electron chi connectivity index (χ2n) is 5.72. The number of phenols is 1. The monoisotopic (exact) mass is 394 g/mol. The van der Waals surface area contributed by atoms with Crippen LogP contribution in [0.1, 0.15) is 37.6 Å². The number of hydrogen-bond acceptors (Lipinski definition) is 6. The molecule has 0 fully saturated rings. The fourth-order valence-corrected chi connectivity index (χ4v) is 4.26. The summed E-state index contributed by atoms with van der Waals surface area (Å²) in [5, 5.41) is 12.3. The third kappa shape index (κ3) is 3.66. The van der Waals surface area contributed by atoms with Crippen molar-refractivity contribution < 1.29 is 24.2 Å². The van der Waals surface area contributed by atoms with Gasteiger partial charge in [0.25, 0.3) is 11.8 Å². The lowest BCUT2D eigenvalue weighted by molar-refractivity contribution is -0.119. The second kappa shape index (κ2) is 7.35. The van der Waals surface area contributed by atoms with Crippen LogP contribution in [0.5, 0.6) is 5.75 Å². The Balaban J connectivity index is 1.64. The van der Waals surface area contributed by atoms with Crippen LogP contribution >= 0.6 is 22.9 Å². The highest BCUT2D eigenvalue weighted by atomic mass is 35.5. The molecule has 1 heterocycles. The smallest absolute Gasteiger partial charge is 0.338 e. The number of ether oxygens (including phenoxy) is 1. The van der Waals surface area contributed by atoms with Gasteiger partial charge in [-0.2, -0.15) is 0 Å². The van der Waals surface area contributed by atoms with E-state index in [2.05, 4.69) is 5.32 Å². The van der Waals surface area contributed by atoms with E-state index in [1.807, 2.05) is 0 Å². The van der Waals surface area contributed by atoms with E-state index in [9.17, 15) is 19.5 Å². The first-order chi connectivity index (χ1) is 12.4. The maximum absolute atomic E-state index is 12.1. The predicted molar refractivity (Wildman–Crippen MR) is 96.9 cm³/mol. The molecule has 4 N–H and O–H groups in total. The van der Waals surface area contributed by atoms with E-state index in [0.29, 0.717) is 10.6 Å². The first-order valence-corrected chi connectivity index (χ1v) is 8.96. The Labute approximate surface area is 157 Å². The number of rotatable bonds is 5. The van der Waals surface area contributed by atoms with Gasteiger partial charge in [-0.25, -0.2) is 4.79 Å². The van der Waals surface area contributed by atoms with Crippen LogP contribution in [0.4, 0.5) is 5.00 Å². The molecule has 0 aliphatic heterocycles. The highest BCUT2D eigenvalue weighted by Crippen LogP contribution is 2.38. The van der Waals surface area contributed by atoms with Crippen LogP contribution in [0.25, 0.3) is 0 Å². The van der Waals surface area contributed by atoms with Crippen molar-refractivity contribution in [3.05, 3.63) is 44.8 Å². The second-order valence-corrected chi connectivity index (χ2v) is 7.23. The number of nitrogens with one attached hydrogen (secondary N) is 1. The van der Waals surface area contributed by atoms with E-state index in [0.717, 1.165) is 29.7 Å². The van der Waals surface area contributed by atoms with Crippen molar-refractivity contribution in [2.45, 2.75) is 19.3 Å². The molecule has 1 aliphatic carbocycles. The highest BCUT2D eigenvalue weighted by molar-refractivity contribution is 7.17. The Morgan fingerprint density at radius 3 is 2.77 bits per heavy atom. The van der Waals surface area contributed by atoms with Gasteiger partial charge >= 0.3 is 5.97 Å². The lowest BCUT2D eigenvalue weighted by atomic mass is 10.1. The van der Waals surface area contributed by atoms with Crippen LogP contribution in [-0.2, 0) is 22.4 Å². The zero-order chi connectivity index (χ0) is 18.8. The van der Waals surface area contributed by atoms with Crippen molar-refractivity contribution in [3.8, 4) is 5.75 Å². The van der Waals surface area contributed by atoms with E-state index in [-0.39, 0.29) is 16.3 Å². The fraction of sp³-hybridized carbons (Fsp3) is 0.235. The zero-order valence-electron chi connectivity index (χ0n) is 13.5. The summed E-state index contributed by atoms with van der Waals surface area (Å²) in [7, 11) is 0. The van der Waals surface area contributed by atoms with Gasteiger partial charge in [0.15, 0.2) is 6.61 Å². The molecule has 2 aromatic rings. The minimum absolute atomic E-state index is 0.00287. The van der Waals surface area contributed by atoms with Crippen LogP contribution in [0, 0.1) is 0 Å². The van der Waals surface area contributed by atoms with Gasteiger partial charge in [-0.1, -0.05) is 11.6 Å². The molecule has 3 rings (SSSR count). The number of halogens is 1. The van der Waals surface area contributed by atoms with Crippen molar-refractivity contribution in [1.82, 2.24) is 0 Å². The predicted octanol–water partition coefficient (Wildman–Crippen LogP) is 2.49. The molecule has 7 nitrogen and oxygen atoms in total. The van der Waals surface area contributed by atoms with E-state index in [1.165, 1.54) is 29.5 Å². The Morgan fingerprint density at radius 1 is 1.31 bits per heavy atom. The number of amides is 2. The number of phenolic OH excluding ortho intramolecular Hbond substituents is 1. The first-order valence-electron chi connectivity index (χ1n) is 7.76. The van der Waals surface area contributed by atoms with Crippen LogP contribution in [-0.4, -0.2) is 29.5 Å². The quantitative estimate of drug-likeness (QED) is 0.673. The summed E-state index contributed by atoms with van der Waals surface area (Å²) in [5.74, 6) is -2.09. The lowest BCUT2D eigenvalue weighted by Gasteiger charge is -2.07. The number of carbonyl (C=O) groups excluding carboxylic acids is 3. The highest BCUT2D eigenvalue weighted by Gasteiger charge is 2.26. The van der Waals surface area contributed by atoms with Crippen molar-refractivity contribution >= 4 is 45.7 Å². The Bertz CT molecular complexity index is 909. The molecule has 136 valence electrons. The number of anilines is 1. The summed E-state index contributed by atoms with van der Waals surface area (Å²) in [4.78, 5) is 36.8. The van der Waals surface area contributed by atoms with Gasteiger partial charge in [-0.05, 0) is 43.0 Å². The SMILES string of the molecule is NC(=O)c1c(NC(=O)COC(=O)c2ccc(O)c(Cl)c2)sc2c1CCC2. The van der Waals surface area contributed by atoms with Gasteiger partial charge in [0, 0.05) is 4.88 Å². The summed E-state index contributed by atoms with van der Waals surface area (Å²) < 4.78 is 4.93. The Kier molecular flexibility index (Phi) is 5.15. The summed E-state index contributed by atoms with van der Waals surface area (Å²) in [6.45, 7) is -0.530. The minimum atomic E-state index is -0.758. The van der Waals surface area contributed by atoms with E-state index in [1.54, 1.807) is 0 Å². The Morgan fingerprint density at radius 2 is 2.08 bits per heavy atom. The minimum Gasteiger partial charge on any atom is -0.506 e. The molecule has 0 saturated carbocycles. The summed E-state index contributed by atoms with van der Waals surface area (Å²) in [6.07, 6.45) is 2.58. The summed E-state index contributed by atoms with van der Waals surface area (Å²) in [5.41, 5.74) is 6.77. The molecule has 1 aromatic heterocycles. The maximum Gasteiger partial charge on any atom is 0.338 e. The number of nitrogens with two attached hydrogens (primary N) is 1. The molecule has 9 heteroatoms. The summed E-state index contributed by atoms with van der Waals surface area (Å²) in [6, 6.07) is 3.83. The lowest BCUT2D eigenvalue weighted by Crippen LogP contribution is -2.22. The van der Waals surface area contributed by atoms with Crippen molar-refractivity contribution in [2.24, 2.45) is 5.73 Å². The maximum atomic E-state index is 12.1. The van der Waals surface area contributed by atoms with E-state index < -0.39 is 24.4 Å². The first kappa shape index (κ1) is 18.2. The number of primary amides is 1. The van der Waals surface area contributed by atoms with Gasteiger partial charge in [-0.15, -0.1) is 11.3 Å². The molecule has 0 spiro atoms. The molecule has 1 aliphatic rings. The van der Waals surface area contributed by atoms with Gasteiger partial charge in [0.1, 0.15) is 10.8 Å². The number of esters is 1. The van der Waals surface area contributed by atoms with Gasteiger partial charge in [0.2, 0.25) is 0 Å². The number of aromatic hydroxyl groups is 1. The van der Waals surface area contributed by atoms with Gasteiger partial charge in [0.05, 0.1) is 16.1 Å². The van der Waals surface area contributed by atoms with Crippen molar-refractivity contribution in [1.29, 1.82) is 0 Å². The third-order valence-corrected chi connectivity index (χ3v) is 5.45. The summed E-state index contributed by atoms with van der Waals surface area (Å²) >= 11 is 7.05. The van der Waals surface area contributed by atoms with E-state index >= 15 is 0 Å². The van der Waals surface area contributed by atoms with E-state index in [4.69, 9.17) is 22.1 Å². The number of fused-ring (bicyclic) bond motifs is 1. The molecule has 0 atom stereocenters. The Hall–Kier alpha value is -2.58. The topological polar surface area (TPSA) is 119 Å². The molecular formula is C17H15ClN2O5S. The van der Waals surface area contributed by atoms with Crippen LogP contribution < -0.4 is 11.1 Å². The number of hydrogen-bond donors (Lipinski definition) is 3. The third-order valence-electron chi connectivity index (χ3n) is 3.94. The average Bonchev–Trinajstić information content (AvgIpc) is 3.15. The van der Waals surface area contributed by atoms with Crippen LogP contribution in [0.2, 0.25) is 5.02 Å². The normalized spacial score (nSPS) is 12.5. The van der Waals surface area contributed by atoms with Crippen molar-refractivity contribution in [2.75, 3.05) is 11.9 Å². The number of thiophene rings is 1. The van der Waals surface area contributed by atoms with Crippen LogP contribution in [0.3, 0.4) is 0 Å². The molecule has 1 aromatic carbocycles. The largest absolute Gasteiger partial charge is 0.506 e. The molecule has 0 unspecified atom stereocenters. The molecule has 0 bridgehead atoms. The molecular weight excluding hydrogens is 380 g/mol. The van der Waals surface area contributed by atoms with Crippen LogP contribution in [0.15, 0.2) is 18.2 Å². The molecule has 2 amide bonds. The average molecular weight is 395 g/mol. The standard InChI is InChI=1S/C17H15ClN2O5S/c18-10-6-8(4-5-11(10)21)17(24)25-7-13(22)20-16-14(15(19)23)9-2-1-3-12(9)26-16/h4-6,21H,1-3,7H2,(H2,19,23)(H,20,22). The molecule has 0 radical (unpaired) electrons.